The Morgan fingerprint density at radius 2 is 1.86 bits per heavy atom. The second-order valence-corrected chi connectivity index (χ2v) is 11.2. The van der Waals surface area contributed by atoms with Crippen molar-refractivity contribution in [3.05, 3.63) is 83.1 Å². The smallest absolute Gasteiger partial charge is 0.335 e. The van der Waals surface area contributed by atoms with Crippen LogP contribution >= 0.6 is 0 Å². The third-order valence-electron chi connectivity index (χ3n) is 8.32. The minimum absolute atomic E-state index is 0.148. The van der Waals surface area contributed by atoms with Crippen LogP contribution in [0.2, 0.25) is 0 Å². The van der Waals surface area contributed by atoms with Crippen molar-refractivity contribution in [1.82, 2.24) is 24.4 Å². The van der Waals surface area contributed by atoms with Crippen LogP contribution in [0.4, 0.5) is 0 Å². The predicted octanol–water partition coefficient (Wildman–Crippen LogP) is 5.33. The van der Waals surface area contributed by atoms with Crippen LogP contribution in [-0.2, 0) is 24.4 Å². The zero-order valence-corrected chi connectivity index (χ0v) is 23.5. The van der Waals surface area contributed by atoms with Crippen LogP contribution in [0.15, 0.2) is 59.0 Å². The molecule has 0 aliphatic carbocycles. The zero-order valence-electron chi connectivity index (χ0n) is 23.5. The molecule has 0 unspecified atom stereocenters. The summed E-state index contributed by atoms with van der Waals surface area (Å²) >= 11 is 0. The third-order valence-corrected chi connectivity index (χ3v) is 8.32. The first kappa shape index (κ1) is 26.6. The molecule has 42 heavy (non-hydrogen) atoms. The summed E-state index contributed by atoms with van der Waals surface area (Å²) in [6.07, 6.45) is 3.14. The number of ether oxygens (including phenoxy) is 2. The highest BCUT2D eigenvalue weighted by Crippen LogP contribution is 2.30. The van der Waals surface area contributed by atoms with Crippen LogP contribution in [0.25, 0.3) is 22.1 Å². The lowest BCUT2D eigenvalue weighted by Crippen LogP contribution is -2.35. The van der Waals surface area contributed by atoms with E-state index in [2.05, 4.69) is 20.5 Å². The van der Waals surface area contributed by atoms with Gasteiger partial charge in [-0.2, -0.15) is 0 Å². The molecule has 7 rings (SSSR count). The maximum Gasteiger partial charge on any atom is 0.335 e. The molecule has 0 radical (unpaired) electrons. The van der Waals surface area contributed by atoms with Gasteiger partial charge in [0.15, 0.2) is 11.5 Å². The number of hydrogen-bond donors (Lipinski definition) is 1. The lowest BCUT2D eigenvalue weighted by atomic mass is 9.93. The highest BCUT2D eigenvalue weighted by Gasteiger charge is 2.26. The molecule has 0 saturated carbocycles. The third kappa shape index (κ3) is 5.47. The first-order valence-electron chi connectivity index (χ1n) is 14.5. The van der Waals surface area contributed by atoms with E-state index in [9.17, 15) is 9.90 Å². The number of pyridine rings is 1. The number of carbonyl (C=O) groups is 1. The maximum atomic E-state index is 11.6. The van der Waals surface area contributed by atoms with Gasteiger partial charge in [-0.15, -0.1) is 0 Å². The van der Waals surface area contributed by atoms with Gasteiger partial charge in [0.25, 0.3) is 0 Å². The quantitative estimate of drug-likeness (QED) is 0.252. The highest BCUT2D eigenvalue weighted by molar-refractivity contribution is 5.92. The van der Waals surface area contributed by atoms with Gasteiger partial charge in [0.05, 0.1) is 35.8 Å². The van der Waals surface area contributed by atoms with Crippen LogP contribution in [0, 0.1) is 6.92 Å². The molecular formula is C32H33N5O5. The number of rotatable bonds is 9. The normalized spacial score (nSPS) is 18.0. The summed E-state index contributed by atoms with van der Waals surface area (Å²) < 4.78 is 19.6. The van der Waals surface area contributed by atoms with Crippen molar-refractivity contribution in [1.29, 1.82) is 0 Å². The lowest BCUT2D eigenvalue weighted by molar-refractivity contribution is -0.0592. The number of carboxylic acid groups (broad SMARTS) is 1. The fourth-order valence-electron chi connectivity index (χ4n) is 5.92. The first-order valence-corrected chi connectivity index (χ1v) is 14.5. The van der Waals surface area contributed by atoms with Gasteiger partial charge in [0, 0.05) is 31.2 Å². The molecule has 10 nitrogen and oxygen atoms in total. The Morgan fingerprint density at radius 3 is 2.64 bits per heavy atom. The van der Waals surface area contributed by atoms with Gasteiger partial charge >= 0.3 is 5.97 Å². The lowest BCUT2D eigenvalue weighted by Gasteiger charge is -2.32. The molecule has 2 fully saturated rings. The monoisotopic (exact) mass is 567 g/mol. The Balaban J connectivity index is 0.999. The predicted molar refractivity (Wildman–Crippen MR) is 156 cm³/mol. The van der Waals surface area contributed by atoms with Gasteiger partial charge in [-0.05, 0) is 74.3 Å². The number of imidazole rings is 1. The average Bonchev–Trinajstić information content (AvgIpc) is 3.52. The summed E-state index contributed by atoms with van der Waals surface area (Å²) in [7, 11) is 0. The van der Waals surface area contributed by atoms with Gasteiger partial charge < -0.3 is 23.6 Å². The summed E-state index contributed by atoms with van der Waals surface area (Å²) in [4.78, 5) is 28.1. The van der Waals surface area contributed by atoms with Crippen molar-refractivity contribution < 1.29 is 23.8 Å². The van der Waals surface area contributed by atoms with E-state index in [1.165, 1.54) is 0 Å². The summed E-state index contributed by atoms with van der Waals surface area (Å²) in [5.41, 5.74) is 5.62. The van der Waals surface area contributed by atoms with Gasteiger partial charge in [-0.3, -0.25) is 4.90 Å². The van der Waals surface area contributed by atoms with Crippen LogP contribution in [0.1, 0.15) is 58.5 Å². The fourth-order valence-corrected chi connectivity index (χ4v) is 5.92. The van der Waals surface area contributed by atoms with Crippen LogP contribution in [-0.4, -0.2) is 61.3 Å². The van der Waals surface area contributed by atoms with Gasteiger partial charge in [0.1, 0.15) is 17.9 Å². The number of oxazole rings is 1. The van der Waals surface area contributed by atoms with Crippen molar-refractivity contribution in [2.24, 2.45) is 0 Å². The van der Waals surface area contributed by atoms with Gasteiger partial charge in [-0.25, -0.2) is 19.7 Å². The zero-order chi connectivity index (χ0) is 28.6. The number of aryl methyl sites for hydroxylation is 1. The molecule has 5 aromatic rings. The van der Waals surface area contributed by atoms with Crippen LogP contribution in [0.5, 0.6) is 5.88 Å². The van der Waals surface area contributed by atoms with Gasteiger partial charge in [-0.1, -0.05) is 12.1 Å². The molecule has 2 aromatic carbocycles. The molecule has 1 atom stereocenters. The number of hydrogen-bond acceptors (Lipinski definition) is 8. The molecule has 2 aliphatic heterocycles. The van der Waals surface area contributed by atoms with E-state index in [4.69, 9.17) is 23.9 Å². The average molecular weight is 568 g/mol. The molecule has 0 amide bonds. The number of benzene rings is 2. The Bertz CT molecular complexity index is 1750. The van der Waals surface area contributed by atoms with Gasteiger partial charge in [0.2, 0.25) is 5.88 Å². The molecule has 0 bridgehead atoms. The number of likely N-dealkylation sites (tertiary alicyclic amines) is 1. The van der Waals surface area contributed by atoms with Crippen molar-refractivity contribution >= 4 is 28.1 Å². The molecule has 3 aromatic heterocycles. The van der Waals surface area contributed by atoms with Crippen molar-refractivity contribution in [3.63, 3.8) is 0 Å². The molecule has 1 N–H and O–H groups in total. The fraction of sp³-hybridized carbons (Fsp3) is 0.375. The van der Waals surface area contributed by atoms with E-state index in [1.54, 1.807) is 18.2 Å². The van der Waals surface area contributed by atoms with Crippen LogP contribution in [0.3, 0.4) is 0 Å². The van der Waals surface area contributed by atoms with Crippen molar-refractivity contribution in [2.75, 3.05) is 19.7 Å². The van der Waals surface area contributed by atoms with E-state index in [0.717, 1.165) is 78.2 Å². The van der Waals surface area contributed by atoms with Crippen molar-refractivity contribution in [2.45, 2.75) is 57.9 Å². The number of nitrogens with zero attached hydrogens (tertiary/aromatic N) is 5. The molecule has 2 saturated heterocycles. The Labute approximate surface area is 242 Å². The summed E-state index contributed by atoms with van der Waals surface area (Å²) in [6, 6.07) is 17.1. The van der Waals surface area contributed by atoms with E-state index < -0.39 is 5.97 Å². The number of piperidine rings is 1. The summed E-state index contributed by atoms with van der Waals surface area (Å²) in [5.74, 6) is 1.66. The SMILES string of the molecule is Cc1nc2ccc(COc3cccc(C4CCN(Cc5nc6ccc(C(=O)O)cc6n5C[C@@H]5CCO5)CC4)n3)cc2o1. The number of carboxylic acids is 1. The first-order chi connectivity index (χ1) is 20.5. The minimum Gasteiger partial charge on any atom is -0.478 e. The Hall–Kier alpha value is -4.28. The highest BCUT2D eigenvalue weighted by atomic mass is 16.5. The molecule has 216 valence electrons. The topological polar surface area (TPSA) is 116 Å². The molecule has 2 aliphatic rings. The van der Waals surface area contributed by atoms with E-state index in [-0.39, 0.29) is 11.7 Å². The maximum absolute atomic E-state index is 11.6. The van der Waals surface area contributed by atoms with Crippen molar-refractivity contribution in [3.8, 4) is 5.88 Å². The Kier molecular flexibility index (Phi) is 7.09. The molecule has 10 heteroatoms. The molecular weight excluding hydrogens is 534 g/mol. The standard InChI is InChI=1S/C32H33N5O5/c1-20-33-27-7-5-21(15-29(27)42-20)19-41-31-4-2-3-25(35-31)22-9-12-36(13-10-22)18-30-34-26-8-6-23(32(38)39)16-28(26)37(30)17-24-11-14-40-24/h2-8,15-16,22,24H,9-14,17-19H2,1H3,(H,38,39)/t24-/m0/s1. The summed E-state index contributed by atoms with van der Waals surface area (Å²) in [5, 5.41) is 9.51. The second-order valence-electron chi connectivity index (χ2n) is 11.2. The molecule has 0 spiro atoms. The molecule has 5 heterocycles. The summed E-state index contributed by atoms with van der Waals surface area (Å²) in [6.45, 7) is 6.28. The minimum atomic E-state index is -0.931. The van der Waals surface area contributed by atoms with E-state index in [1.807, 2.05) is 37.3 Å². The van der Waals surface area contributed by atoms with E-state index in [0.29, 0.717) is 37.4 Å². The Morgan fingerprint density at radius 1 is 1.02 bits per heavy atom. The number of aromatic carboxylic acids is 1. The largest absolute Gasteiger partial charge is 0.478 e. The van der Waals surface area contributed by atoms with E-state index >= 15 is 0 Å². The second kappa shape index (κ2) is 11.2. The number of fused-ring (bicyclic) bond motifs is 2. The number of aromatic nitrogens is 4. The van der Waals surface area contributed by atoms with Crippen LogP contribution < -0.4 is 4.74 Å².